The highest BCUT2D eigenvalue weighted by atomic mass is 79.9. The number of anilines is 1. The van der Waals surface area contributed by atoms with Gasteiger partial charge >= 0.3 is 0 Å². The zero-order valence-electron chi connectivity index (χ0n) is 11.7. The molecule has 0 aliphatic carbocycles. The number of benzene rings is 1. The van der Waals surface area contributed by atoms with Crippen LogP contribution in [0, 0.1) is 0 Å². The molecule has 1 aromatic rings. The van der Waals surface area contributed by atoms with Gasteiger partial charge in [-0.1, -0.05) is 27.5 Å². The summed E-state index contributed by atoms with van der Waals surface area (Å²) >= 11 is 9.62. The number of halogens is 2. The fraction of sp³-hybridized carbons (Fsp3) is 0.467. The molecule has 0 spiro atoms. The molecule has 1 aromatic carbocycles. The number of amides is 2. The third-order valence-electron chi connectivity index (χ3n) is 4.22. The van der Waals surface area contributed by atoms with Crippen LogP contribution in [0.15, 0.2) is 22.7 Å². The lowest BCUT2D eigenvalue weighted by Gasteiger charge is -2.46. The summed E-state index contributed by atoms with van der Waals surface area (Å²) in [6.45, 7) is 2.45. The molecule has 6 heteroatoms. The predicted molar refractivity (Wildman–Crippen MR) is 85.5 cm³/mol. The van der Waals surface area contributed by atoms with Crippen LogP contribution in [-0.4, -0.2) is 35.3 Å². The molecule has 2 unspecified atom stereocenters. The van der Waals surface area contributed by atoms with Crippen LogP contribution in [0.3, 0.4) is 0 Å². The van der Waals surface area contributed by atoms with Crippen LogP contribution < -0.4 is 4.90 Å². The van der Waals surface area contributed by atoms with E-state index in [2.05, 4.69) is 15.9 Å². The fourth-order valence-corrected chi connectivity index (χ4v) is 3.92. The van der Waals surface area contributed by atoms with E-state index in [1.54, 1.807) is 28.9 Å². The van der Waals surface area contributed by atoms with E-state index in [1.165, 1.54) is 0 Å². The molecule has 21 heavy (non-hydrogen) atoms. The van der Waals surface area contributed by atoms with E-state index in [0.717, 1.165) is 23.7 Å². The van der Waals surface area contributed by atoms with Gasteiger partial charge in [-0.2, -0.15) is 0 Å². The number of hydrogen-bond acceptors (Lipinski definition) is 2. The molecule has 0 N–H and O–H groups in total. The zero-order valence-corrected chi connectivity index (χ0v) is 14.0. The van der Waals surface area contributed by atoms with Gasteiger partial charge in [0.15, 0.2) is 0 Å². The van der Waals surface area contributed by atoms with Crippen molar-refractivity contribution in [2.45, 2.75) is 38.3 Å². The fourth-order valence-electron chi connectivity index (χ4n) is 3.16. The molecule has 4 nitrogen and oxygen atoms in total. The molecule has 2 atom stereocenters. The molecule has 2 aliphatic rings. The van der Waals surface area contributed by atoms with Crippen molar-refractivity contribution in [1.82, 2.24) is 4.90 Å². The number of carbonyl (C=O) groups excluding carboxylic acids is 2. The van der Waals surface area contributed by atoms with E-state index < -0.39 is 6.04 Å². The van der Waals surface area contributed by atoms with Crippen LogP contribution in [-0.2, 0) is 9.59 Å². The minimum Gasteiger partial charge on any atom is -0.329 e. The van der Waals surface area contributed by atoms with Crippen LogP contribution in [0.5, 0.6) is 0 Å². The lowest BCUT2D eigenvalue weighted by molar-refractivity contribution is -0.147. The summed E-state index contributed by atoms with van der Waals surface area (Å²) in [5.41, 5.74) is 0.607. The van der Waals surface area contributed by atoms with Crippen LogP contribution >= 0.6 is 27.5 Å². The largest absolute Gasteiger partial charge is 0.329 e. The summed E-state index contributed by atoms with van der Waals surface area (Å²) in [6.07, 6.45) is 2.69. The summed E-state index contributed by atoms with van der Waals surface area (Å²) in [5, 5.41) is 0.474. The standard InChI is InChI=1S/C15H16BrClN2O2/c1-9-14(20)18-7-3-2-4-13(18)15(21)19(9)12-6-5-10(16)8-11(12)17/h5-6,8-9,13H,2-4,7H2,1H3. The summed E-state index contributed by atoms with van der Waals surface area (Å²) in [5.74, 6) is -0.00990. The molecule has 2 saturated heterocycles. The number of rotatable bonds is 1. The Bertz CT molecular complexity index is 607. The van der Waals surface area contributed by atoms with Gasteiger partial charge in [-0.25, -0.2) is 0 Å². The first-order valence-electron chi connectivity index (χ1n) is 7.09. The van der Waals surface area contributed by atoms with E-state index in [1.807, 2.05) is 6.07 Å². The first-order valence-corrected chi connectivity index (χ1v) is 8.26. The molecule has 0 aromatic heterocycles. The highest BCUT2D eigenvalue weighted by Gasteiger charge is 2.45. The molecule has 0 saturated carbocycles. The average molecular weight is 372 g/mol. The molecule has 2 fully saturated rings. The smallest absolute Gasteiger partial charge is 0.250 e. The van der Waals surface area contributed by atoms with Crippen molar-refractivity contribution in [3.63, 3.8) is 0 Å². The molecular formula is C15H16BrClN2O2. The maximum Gasteiger partial charge on any atom is 0.250 e. The highest BCUT2D eigenvalue weighted by Crippen LogP contribution is 2.35. The van der Waals surface area contributed by atoms with E-state index in [0.29, 0.717) is 17.3 Å². The predicted octanol–water partition coefficient (Wildman–Crippen LogP) is 3.22. The molecule has 0 bridgehead atoms. The molecule has 112 valence electrons. The van der Waals surface area contributed by atoms with Crippen LogP contribution in [0.25, 0.3) is 0 Å². The normalized spacial score (nSPS) is 26.0. The van der Waals surface area contributed by atoms with E-state index >= 15 is 0 Å². The Morgan fingerprint density at radius 1 is 1.24 bits per heavy atom. The van der Waals surface area contributed by atoms with Crippen molar-refractivity contribution in [2.24, 2.45) is 0 Å². The average Bonchev–Trinajstić information content (AvgIpc) is 2.47. The molecule has 3 rings (SSSR count). The van der Waals surface area contributed by atoms with Gasteiger partial charge in [-0.15, -0.1) is 0 Å². The van der Waals surface area contributed by atoms with Gasteiger partial charge in [0, 0.05) is 11.0 Å². The lowest BCUT2D eigenvalue weighted by Crippen LogP contribution is -2.65. The maximum atomic E-state index is 12.8. The van der Waals surface area contributed by atoms with Crippen molar-refractivity contribution in [3.05, 3.63) is 27.7 Å². The van der Waals surface area contributed by atoms with E-state index in [4.69, 9.17) is 11.6 Å². The molecule has 2 heterocycles. The first-order chi connectivity index (χ1) is 10.0. The van der Waals surface area contributed by atoms with Gasteiger partial charge in [-0.05, 0) is 44.4 Å². The summed E-state index contributed by atoms with van der Waals surface area (Å²) in [6, 6.07) is 4.52. The van der Waals surface area contributed by atoms with Gasteiger partial charge in [0.2, 0.25) is 5.91 Å². The van der Waals surface area contributed by atoms with Gasteiger partial charge in [0.05, 0.1) is 10.7 Å². The summed E-state index contributed by atoms with van der Waals surface area (Å²) in [7, 11) is 0. The van der Waals surface area contributed by atoms with Crippen LogP contribution in [0.1, 0.15) is 26.2 Å². The quantitative estimate of drug-likeness (QED) is 0.760. The van der Waals surface area contributed by atoms with Gasteiger partial charge in [-0.3, -0.25) is 14.5 Å². The lowest BCUT2D eigenvalue weighted by atomic mass is 9.95. The second kappa shape index (κ2) is 5.61. The number of fused-ring (bicyclic) bond motifs is 1. The highest BCUT2D eigenvalue weighted by molar-refractivity contribution is 9.10. The zero-order chi connectivity index (χ0) is 15.1. The maximum absolute atomic E-state index is 12.8. The van der Waals surface area contributed by atoms with Gasteiger partial charge < -0.3 is 4.90 Å². The minimum atomic E-state index is -0.509. The van der Waals surface area contributed by atoms with Crippen molar-refractivity contribution < 1.29 is 9.59 Å². The summed E-state index contributed by atoms with van der Waals surface area (Å²) in [4.78, 5) is 28.7. The summed E-state index contributed by atoms with van der Waals surface area (Å²) < 4.78 is 0.846. The third kappa shape index (κ3) is 2.46. The third-order valence-corrected chi connectivity index (χ3v) is 5.02. The molecule has 2 amide bonds. The Morgan fingerprint density at radius 2 is 2.00 bits per heavy atom. The second-order valence-corrected chi connectivity index (χ2v) is 6.85. The van der Waals surface area contributed by atoms with Crippen molar-refractivity contribution in [1.29, 1.82) is 0 Å². The molecule has 2 aliphatic heterocycles. The Balaban J connectivity index is 2.01. The topological polar surface area (TPSA) is 40.6 Å². The van der Waals surface area contributed by atoms with E-state index in [-0.39, 0.29) is 17.9 Å². The van der Waals surface area contributed by atoms with Gasteiger partial charge in [0.1, 0.15) is 12.1 Å². The Morgan fingerprint density at radius 3 is 2.71 bits per heavy atom. The van der Waals surface area contributed by atoms with Crippen molar-refractivity contribution >= 4 is 45.0 Å². The Hall–Kier alpha value is -1.07. The van der Waals surface area contributed by atoms with Crippen molar-refractivity contribution in [3.8, 4) is 0 Å². The number of piperidine rings is 1. The monoisotopic (exact) mass is 370 g/mol. The number of piperazine rings is 1. The number of nitrogens with zero attached hydrogens (tertiary/aromatic N) is 2. The SMILES string of the molecule is CC1C(=O)N2CCCCC2C(=O)N1c1ccc(Br)cc1Cl. The minimum absolute atomic E-state index is 0.0123. The van der Waals surface area contributed by atoms with Crippen LogP contribution in [0.2, 0.25) is 5.02 Å². The second-order valence-electron chi connectivity index (χ2n) is 5.52. The first kappa shape index (κ1) is 14.9. The van der Waals surface area contributed by atoms with Gasteiger partial charge in [0.25, 0.3) is 5.91 Å². The molecule has 0 radical (unpaired) electrons. The molecular weight excluding hydrogens is 356 g/mol. The van der Waals surface area contributed by atoms with Crippen LogP contribution in [0.4, 0.5) is 5.69 Å². The Kier molecular flexibility index (Phi) is 3.97. The van der Waals surface area contributed by atoms with Crippen molar-refractivity contribution in [2.75, 3.05) is 11.4 Å². The number of carbonyl (C=O) groups is 2. The number of hydrogen-bond donors (Lipinski definition) is 0. The van der Waals surface area contributed by atoms with E-state index in [9.17, 15) is 9.59 Å². The Labute approximate surface area is 137 Å².